The van der Waals surface area contributed by atoms with Crippen molar-refractivity contribution in [2.45, 2.75) is 24.9 Å². The van der Waals surface area contributed by atoms with Crippen molar-refractivity contribution in [1.82, 2.24) is 0 Å². The highest BCUT2D eigenvalue weighted by molar-refractivity contribution is 7.87. The lowest BCUT2D eigenvalue weighted by atomic mass is 10.1. The van der Waals surface area contributed by atoms with E-state index in [2.05, 4.69) is 0 Å². The molecular weight excluding hydrogens is 363 g/mol. The summed E-state index contributed by atoms with van der Waals surface area (Å²) in [5.41, 5.74) is -1.00. The monoisotopic (exact) mass is 375 g/mol. The SMILES string of the molecule is Cc1cc([N+](=O)[O-])cc(S(=O)(=O)Oc2cccc(C(F)(F)F)c2)c1C. The van der Waals surface area contributed by atoms with E-state index >= 15 is 0 Å². The highest BCUT2D eigenvalue weighted by atomic mass is 32.2. The first-order chi connectivity index (χ1) is 11.4. The molecule has 0 spiro atoms. The van der Waals surface area contributed by atoms with Gasteiger partial charge in [-0.25, -0.2) is 0 Å². The van der Waals surface area contributed by atoms with Gasteiger partial charge in [-0.2, -0.15) is 21.6 Å². The average molecular weight is 375 g/mol. The second-order valence-electron chi connectivity index (χ2n) is 5.21. The Bertz CT molecular complexity index is 939. The number of non-ortho nitro benzene ring substituents is 1. The molecule has 0 saturated heterocycles. The molecule has 25 heavy (non-hydrogen) atoms. The topological polar surface area (TPSA) is 86.5 Å². The van der Waals surface area contributed by atoms with E-state index in [9.17, 15) is 31.7 Å². The van der Waals surface area contributed by atoms with E-state index in [0.717, 1.165) is 24.3 Å². The first-order valence-corrected chi connectivity index (χ1v) is 8.20. The molecule has 0 N–H and O–H groups in total. The van der Waals surface area contributed by atoms with Gasteiger partial charge in [-0.15, -0.1) is 0 Å². The van der Waals surface area contributed by atoms with Gasteiger partial charge in [-0.05, 0) is 43.2 Å². The number of nitrogens with zero attached hydrogens (tertiary/aromatic N) is 1. The zero-order chi connectivity index (χ0) is 19.0. The Morgan fingerprint density at radius 1 is 1.12 bits per heavy atom. The molecule has 0 aliphatic rings. The maximum atomic E-state index is 12.7. The molecule has 0 radical (unpaired) electrons. The molecule has 0 aliphatic carbocycles. The minimum atomic E-state index is -4.67. The largest absolute Gasteiger partial charge is 0.416 e. The van der Waals surface area contributed by atoms with Crippen molar-refractivity contribution in [3.05, 3.63) is 63.2 Å². The number of hydrogen-bond acceptors (Lipinski definition) is 5. The van der Waals surface area contributed by atoms with Crippen LogP contribution < -0.4 is 4.18 Å². The van der Waals surface area contributed by atoms with Crippen LogP contribution in [0.3, 0.4) is 0 Å². The summed E-state index contributed by atoms with van der Waals surface area (Å²) in [5, 5.41) is 10.9. The Kier molecular flexibility index (Phi) is 4.76. The first kappa shape index (κ1) is 18.7. The Balaban J connectivity index is 2.49. The van der Waals surface area contributed by atoms with Crippen molar-refractivity contribution in [3.8, 4) is 5.75 Å². The number of hydrogen-bond donors (Lipinski definition) is 0. The third-order valence-electron chi connectivity index (χ3n) is 3.45. The van der Waals surface area contributed by atoms with Crippen LogP contribution in [0, 0.1) is 24.0 Å². The van der Waals surface area contributed by atoms with E-state index in [1.807, 2.05) is 0 Å². The Hall–Kier alpha value is -2.62. The van der Waals surface area contributed by atoms with Gasteiger partial charge in [0.05, 0.1) is 10.5 Å². The fraction of sp³-hybridized carbons (Fsp3) is 0.200. The van der Waals surface area contributed by atoms with Crippen LogP contribution in [0.2, 0.25) is 0 Å². The summed E-state index contributed by atoms with van der Waals surface area (Å²) in [6, 6.07) is 5.36. The van der Waals surface area contributed by atoms with Crippen LogP contribution in [0.5, 0.6) is 5.75 Å². The van der Waals surface area contributed by atoms with Crippen LogP contribution in [0.25, 0.3) is 0 Å². The smallest absolute Gasteiger partial charge is 0.379 e. The summed E-state index contributed by atoms with van der Waals surface area (Å²) >= 11 is 0. The minimum absolute atomic E-state index is 0.206. The normalized spacial score (nSPS) is 12.0. The van der Waals surface area contributed by atoms with Gasteiger partial charge >= 0.3 is 16.3 Å². The minimum Gasteiger partial charge on any atom is -0.379 e. The maximum absolute atomic E-state index is 12.7. The molecule has 0 aromatic heterocycles. The molecule has 0 heterocycles. The molecule has 2 aromatic rings. The molecule has 2 rings (SSSR count). The molecule has 0 unspecified atom stereocenters. The highest BCUT2D eigenvalue weighted by Gasteiger charge is 2.31. The highest BCUT2D eigenvalue weighted by Crippen LogP contribution is 2.33. The van der Waals surface area contributed by atoms with Gasteiger partial charge < -0.3 is 4.18 Å². The fourth-order valence-electron chi connectivity index (χ4n) is 2.07. The van der Waals surface area contributed by atoms with E-state index in [1.165, 1.54) is 19.9 Å². The van der Waals surface area contributed by atoms with Crippen molar-refractivity contribution < 1.29 is 30.7 Å². The zero-order valence-electron chi connectivity index (χ0n) is 13.0. The lowest BCUT2D eigenvalue weighted by molar-refractivity contribution is -0.385. The predicted octanol–water partition coefficient (Wildman–Crippen LogP) is 4.00. The van der Waals surface area contributed by atoms with Crippen molar-refractivity contribution >= 4 is 15.8 Å². The standard InChI is InChI=1S/C15H12F3NO5S/c1-9-6-12(19(20)21)8-14(10(9)2)25(22,23)24-13-5-3-4-11(7-13)15(16,17)18/h3-8H,1-2H3. The van der Waals surface area contributed by atoms with Crippen LogP contribution in [0.4, 0.5) is 18.9 Å². The molecule has 0 amide bonds. The quantitative estimate of drug-likeness (QED) is 0.458. The lowest BCUT2D eigenvalue weighted by Crippen LogP contribution is -2.13. The fourth-order valence-corrected chi connectivity index (χ4v) is 3.32. The van der Waals surface area contributed by atoms with Crippen LogP contribution >= 0.6 is 0 Å². The van der Waals surface area contributed by atoms with Gasteiger partial charge in [0.25, 0.3) is 5.69 Å². The molecule has 0 aliphatic heterocycles. The molecule has 0 atom stereocenters. The van der Waals surface area contributed by atoms with Crippen molar-refractivity contribution in [2.24, 2.45) is 0 Å². The van der Waals surface area contributed by atoms with E-state index < -0.39 is 43.1 Å². The molecule has 6 nitrogen and oxygen atoms in total. The number of halogens is 3. The predicted molar refractivity (Wildman–Crippen MR) is 81.8 cm³/mol. The van der Waals surface area contributed by atoms with Crippen LogP contribution in [-0.2, 0) is 16.3 Å². The van der Waals surface area contributed by atoms with Crippen LogP contribution in [0.15, 0.2) is 41.3 Å². The number of aryl methyl sites for hydroxylation is 1. The van der Waals surface area contributed by atoms with Crippen LogP contribution in [0.1, 0.15) is 16.7 Å². The summed E-state index contributed by atoms with van der Waals surface area (Å²) in [5.74, 6) is -0.543. The summed E-state index contributed by atoms with van der Waals surface area (Å²) < 4.78 is 67.6. The lowest BCUT2D eigenvalue weighted by Gasteiger charge is -2.12. The van der Waals surface area contributed by atoms with E-state index in [4.69, 9.17) is 4.18 Å². The number of nitro groups is 1. The number of alkyl halides is 3. The summed E-state index contributed by atoms with van der Waals surface area (Å²) in [4.78, 5) is 9.66. The van der Waals surface area contributed by atoms with Gasteiger partial charge in [-0.1, -0.05) is 6.07 Å². The molecule has 0 fully saturated rings. The molecule has 2 aromatic carbocycles. The number of nitro benzene ring substituents is 1. The molecule has 10 heteroatoms. The third kappa shape index (κ3) is 4.08. The Morgan fingerprint density at radius 3 is 2.32 bits per heavy atom. The molecule has 0 saturated carbocycles. The van der Waals surface area contributed by atoms with Crippen LogP contribution in [-0.4, -0.2) is 13.3 Å². The average Bonchev–Trinajstić information content (AvgIpc) is 2.48. The van der Waals surface area contributed by atoms with Crippen molar-refractivity contribution in [3.63, 3.8) is 0 Å². The van der Waals surface area contributed by atoms with Gasteiger partial charge in [0, 0.05) is 12.1 Å². The molecular formula is C15H12F3NO5S. The second kappa shape index (κ2) is 6.36. The molecule has 134 valence electrons. The number of benzene rings is 2. The third-order valence-corrected chi connectivity index (χ3v) is 4.83. The van der Waals surface area contributed by atoms with E-state index in [0.29, 0.717) is 11.6 Å². The Morgan fingerprint density at radius 2 is 1.76 bits per heavy atom. The second-order valence-corrected chi connectivity index (χ2v) is 6.72. The van der Waals surface area contributed by atoms with Gasteiger partial charge in [0.1, 0.15) is 10.6 Å². The van der Waals surface area contributed by atoms with Gasteiger partial charge in [-0.3, -0.25) is 10.1 Å². The summed E-state index contributed by atoms with van der Waals surface area (Å²) in [6.07, 6.45) is -4.67. The Labute approximate surface area is 141 Å². The van der Waals surface area contributed by atoms with Gasteiger partial charge in [0.15, 0.2) is 0 Å². The van der Waals surface area contributed by atoms with Gasteiger partial charge in [0.2, 0.25) is 0 Å². The van der Waals surface area contributed by atoms with Crippen molar-refractivity contribution in [2.75, 3.05) is 0 Å². The molecule has 0 bridgehead atoms. The van der Waals surface area contributed by atoms with E-state index in [-0.39, 0.29) is 5.56 Å². The first-order valence-electron chi connectivity index (χ1n) is 6.79. The maximum Gasteiger partial charge on any atom is 0.416 e. The zero-order valence-corrected chi connectivity index (χ0v) is 13.8. The van der Waals surface area contributed by atoms with Crippen molar-refractivity contribution in [1.29, 1.82) is 0 Å². The number of rotatable bonds is 4. The summed E-state index contributed by atoms with van der Waals surface area (Å²) in [6.45, 7) is 2.90. The summed E-state index contributed by atoms with van der Waals surface area (Å²) in [7, 11) is -4.56. The van der Waals surface area contributed by atoms with E-state index in [1.54, 1.807) is 0 Å².